The van der Waals surface area contributed by atoms with E-state index in [1.807, 2.05) is 52.9 Å². The Morgan fingerprint density at radius 3 is 2.30 bits per heavy atom. The summed E-state index contributed by atoms with van der Waals surface area (Å²) in [5.41, 5.74) is 0.218. The summed E-state index contributed by atoms with van der Waals surface area (Å²) in [5.74, 6) is 0.780. The molecule has 7 nitrogen and oxygen atoms in total. The second-order valence-electron chi connectivity index (χ2n) is 8.11. The molecule has 0 saturated carbocycles. The summed E-state index contributed by atoms with van der Waals surface area (Å²) in [6.07, 6.45) is 1.84. The van der Waals surface area contributed by atoms with Gasteiger partial charge in [-0.2, -0.15) is 0 Å². The number of piperazine rings is 1. The second-order valence-corrected chi connectivity index (χ2v) is 8.11. The average molecular weight is 375 g/mol. The van der Waals surface area contributed by atoms with Gasteiger partial charge in [-0.1, -0.05) is 6.07 Å². The molecular weight excluding hydrogens is 345 g/mol. The minimum Gasteiger partial charge on any atom is -0.465 e. The molecule has 3 heterocycles. The van der Waals surface area contributed by atoms with Crippen molar-refractivity contribution in [3.8, 4) is 0 Å². The van der Waals surface area contributed by atoms with Crippen molar-refractivity contribution < 1.29 is 18.8 Å². The fraction of sp³-hybridized carbons (Fsp3) is 0.684. The molecule has 0 spiro atoms. The van der Waals surface area contributed by atoms with Gasteiger partial charge in [0.05, 0.1) is 24.4 Å². The van der Waals surface area contributed by atoms with Gasteiger partial charge in [-0.25, -0.2) is 4.98 Å². The standard InChI is InChI=1S/C19H30BN3O4/c1-6-25-17(24)14-22-9-11-23(12-10-22)16-8-7-15(13-21-16)20-26-18(2,3)19(4,5)27-20/h7-8,13H,6,9-12,14H2,1-5H3. The number of hydrogen-bond donors (Lipinski definition) is 0. The average Bonchev–Trinajstić information content (AvgIpc) is 2.84. The van der Waals surface area contributed by atoms with Crippen molar-refractivity contribution in [1.29, 1.82) is 0 Å². The van der Waals surface area contributed by atoms with Gasteiger partial charge < -0.3 is 18.9 Å². The van der Waals surface area contributed by atoms with E-state index >= 15 is 0 Å². The highest BCUT2D eigenvalue weighted by atomic mass is 16.7. The molecule has 2 saturated heterocycles. The number of nitrogens with zero attached hydrogens (tertiary/aromatic N) is 3. The largest absolute Gasteiger partial charge is 0.496 e. The van der Waals surface area contributed by atoms with E-state index in [0.29, 0.717) is 13.2 Å². The van der Waals surface area contributed by atoms with Crippen LogP contribution in [-0.4, -0.2) is 73.5 Å². The van der Waals surface area contributed by atoms with Crippen molar-refractivity contribution in [2.24, 2.45) is 0 Å². The summed E-state index contributed by atoms with van der Waals surface area (Å²) in [6, 6.07) is 4.04. The molecule has 2 aliphatic rings. The van der Waals surface area contributed by atoms with Crippen LogP contribution < -0.4 is 10.4 Å². The maximum atomic E-state index is 11.6. The normalized spacial score (nSPS) is 22.1. The molecule has 8 heteroatoms. The predicted octanol–water partition coefficient (Wildman–Crippen LogP) is 1.07. The summed E-state index contributed by atoms with van der Waals surface area (Å²) < 4.78 is 17.2. The van der Waals surface area contributed by atoms with Gasteiger partial charge in [-0.15, -0.1) is 0 Å². The Kier molecular flexibility index (Phi) is 5.79. The van der Waals surface area contributed by atoms with E-state index in [4.69, 9.17) is 14.0 Å². The Hall–Kier alpha value is -1.64. The second kappa shape index (κ2) is 7.77. The maximum absolute atomic E-state index is 11.6. The Morgan fingerprint density at radius 1 is 1.15 bits per heavy atom. The van der Waals surface area contributed by atoms with Gasteiger partial charge in [-0.05, 0) is 40.7 Å². The zero-order chi connectivity index (χ0) is 19.7. The molecule has 0 atom stereocenters. The third-order valence-electron chi connectivity index (χ3n) is 5.65. The van der Waals surface area contributed by atoms with Gasteiger partial charge in [0.2, 0.25) is 0 Å². The van der Waals surface area contributed by atoms with Crippen LogP contribution in [-0.2, 0) is 18.8 Å². The Morgan fingerprint density at radius 2 is 1.78 bits per heavy atom. The molecule has 27 heavy (non-hydrogen) atoms. The summed E-state index contributed by atoms with van der Waals surface area (Å²) in [5, 5.41) is 0. The van der Waals surface area contributed by atoms with E-state index in [2.05, 4.69) is 14.8 Å². The SMILES string of the molecule is CCOC(=O)CN1CCN(c2ccc(B3OC(C)(C)C(C)(C)O3)cn2)CC1. The topological polar surface area (TPSA) is 64.1 Å². The number of esters is 1. The number of aromatic nitrogens is 1. The van der Waals surface area contributed by atoms with E-state index in [9.17, 15) is 4.79 Å². The van der Waals surface area contributed by atoms with Crippen LogP contribution in [0.25, 0.3) is 0 Å². The molecule has 2 fully saturated rings. The Bertz CT molecular complexity index is 641. The molecule has 0 aliphatic carbocycles. The van der Waals surface area contributed by atoms with Gasteiger partial charge in [-0.3, -0.25) is 9.69 Å². The van der Waals surface area contributed by atoms with Crippen LogP contribution in [0.4, 0.5) is 5.82 Å². The van der Waals surface area contributed by atoms with Crippen LogP contribution in [0.3, 0.4) is 0 Å². The fourth-order valence-electron chi connectivity index (χ4n) is 3.23. The van der Waals surface area contributed by atoms with Crippen molar-refractivity contribution >= 4 is 24.4 Å². The monoisotopic (exact) mass is 375 g/mol. The smallest absolute Gasteiger partial charge is 0.465 e. The van der Waals surface area contributed by atoms with E-state index in [1.54, 1.807) is 0 Å². The van der Waals surface area contributed by atoms with Crippen LogP contribution in [0.2, 0.25) is 0 Å². The zero-order valence-electron chi connectivity index (χ0n) is 17.0. The third-order valence-corrected chi connectivity index (χ3v) is 5.65. The maximum Gasteiger partial charge on any atom is 0.496 e. The van der Waals surface area contributed by atoms with Crippen molar-refractivity contribution in [3.63, 3.8) is 0 Å². The zero-order valence-corrected chi connectivity index (χ0v) is 17.0. The van der Waals surface area contributed by atoms with Crippen molar-refractivity contribution in [3.05, 3.63) is 18.3 Å². The Balaban J connectivity index is 1.55. The lowest BCUT2D eigenvalue weighted by Crippen LogP contribution is -2.48. The number of carbonyl (C=O) groups excluding carboxylic acids is 1. The highest BCUT2D eigenvalue weighted by molar-refractivity contribution is 6.62. The fourth-order valence-corrected chi connectivity index (χ4v) is 3.23. The van der Waals surface area contributed by atoms with Gasteiger partial charge >= 0.3 is 13.1 Å². The van der Waals surface area contributed by atoms with Crippen molar-refractivity contribution in [1.82, 2.24) is 9.88 Å². The van der Waals surface area contributed by atoms with Gasteiger partial charge in [0.1, 0.15) is 5.82 Å². The quantitative estimate of drug-likeness (QED) is 0.563. The molecule has 0 bridgehead atoms. The highest BCUT2D eigenvalue weighted by Crippen LogP contribution is 2.36. The first kappa shape index (κ1) is 20.1. The van der Waals surface area contributed by atoms with E-state index in [1.165, 1.54) is 0 Å². The third kappa shape index (κ3) is 4.44. The minimum absolute atomic E-state index is 0.157. The van der Waals surface area contributed by atoms with Gasteiger partial charge in [0.25, 0.3) is 0 Å². The molecule has 1 aromatic rings. The van der Waals surface area contributed by atoms with E-state index in [0.717, 1.165) is 37.5 Å². The molecule has 3 rings (SSSR count). The summed E-state index contributed by atoms with van der Waals surface area (Å²) in [6.45, 7) is 14.1. The first-order valence-corrected chi connectivity index (χ1v) is 9.66. The van der Waals surface area contributed by atoms with Crippen LogP contribution >= 0.6 is 0 Å². The lowest BCUT2D eigenvalue weighted by atomic mass is 9.80. The number of rotatable bonds is 5. The summed E-state index contributed by atoms with van der Waals surface area (Å²) >= 11 is 0. The number of pyridine rings is 1. The first-order valence-electron chi connectivity index (χ1n) is 9.66. The minimum atomic E-state index is -0.391. The predicted molar refractivity (Wildman–Crippen MR) is 105 cm³/mol. The molecule has 148 valence electrons. The van der Waals surface area contributed by atoms with Crippen LogP contribution in [0, 0.1) is 0 Å². The summed E-state index contributed by atoms with van der Waals surface area (Å²) in [7, 11) is -0.391. The van der Waals surface area contributed by atoms with Crippen molar-refractivity contribution in [2.75, 3.05) is 44.2 Å². The van der Waals surface area contributed by atoms with E-state index in [-0.39, 0.29) is 17.2 Å². The van der Waals surface area contributed by atoms with Gasteiger partial charge in [0.15, 0.2) is 0 Å². The number of hydrogen-bond acceptors (Lipinski definition) is 7. The lowest BCUT2D eigenvalue weighted by Gasteiger charge is -2.34. The molecule has 0 unspecified atom stereocenters. The number of carbonyl (C=O) groups is 1. The molecule has 0 aromatic carbocycles. The number of anilines is 1. The first-order chi connectivity index (χ1) is 12.7. The van der Waals surface area contributed by atoms with E-state index < -0.39 is 7.12 Å². The van der Waals surface area contributed by atoms with Crippen LogP contribution in [0.1, 0.15) is 34.6 Å². The molecule has 0 radical (unpaired) electrons. The highest BCUT2D eigenvalue weighted by Gasteiger charge is 2.51. The molecule has 0 N–H and O–H groups in total. The lowest BCUT2D eigenvalue weighted by molar-refractivity contribution is -0.144. The molecule has 2 aliphatic heterocycles. The van der Waals surface area contributed by atoms with Crippen molar-refractivity contribution in [2.45, 2.75) is 45.8 Å². The van der Waals surface area contributed by atoms with Gasteiger partial charge in [0, 0.05) is 37.8 Å². The van der Waals surface area contributed by atoms with Crippen LogP contribution in [0.5, 0.6) is 0 Å². The Labute approximate surface area is 162 Å². The molecule has 0 amide bonds. The molecule has 1 aromatic heterocycles. The molecular formula is C19H30BN3O4. The van der Waals surface area contributed by atoms with Crippen LogP contribution in [0.15, 0.2) is 18.3 Å². The number of ether oxygens (including phenoxy) is 1. The summed E-state index contributed by atoms with van der Waals surface area (Å²) in [4.78, 5) is 20.6.